The zero-order valence-electron chi connectivity index (χ0n) is 11.3. The van der Waals surface area contributed by atoms with E-state index in [1.807, 2.05) is 36.1 Å². The summed E-state index contributed by atoms with van der Waals surface area (Å²) < 4.78 is 2.02. The van der Waals surface area contributed by atoms with E-state index >= 15 is 0 Å². The number of rotatable bonds is 4. The lowest BCUT2D eigenvalue weighted by molar-refractivity contribution is 0.579. The van der Waals surface area contributed by atoms with Gasteiger partial charge in [-0.1, -0.05) is 12.8 Å². The highest BCUT2D eigenvalue weighted by atomic mass is 15.1. The van der Waals surface area contributed by atoms with Crippen molar-refractivity contribution >= 4 is 5.69 Å². The lowest BCUT2D eigenvalue weighted by Crippen LogP contribution is -2.13. The number of aryl methyl sites for hydroxylation is 1. The molecule has 0 unspecified atom stereocenters. The van der Waals surface area contributed by atoms with Gasteiger partial charge in [-0.25, -0.2) is 9.97 Å². The van der Waals surface area contributed by atoms with Gasteiger partial charge in [-0.3, -0.25) is 4.57 Å². The number of anilines is 1. The minimum atomic E-state index is 0.817. The summed E-state index contributed by atoms with van der Waals surface area (Å²) in [5, 5.41) is 3.56. The van der Waals surface area contributed by atoms with Crippen LogP contribution in [0.3, 0.4) is 0 Å². The molecule has 100 valence electrons. The molecule has 19 heavy (non-hydrogen) atoms. The smallest absolute Gasteiger partial charge is 0.161 e. The van der Waals surface area contributed by atoms with Crippen molar-refractivity contribution in [2.75, 3.05) is 11.9 Å². The van der Waals surface area contributed by atoms with Crippen LogP contribution in [0.1, 0.15) is 31.5 Å². The first-order valence-electron chi connectivity index (χ1n) is 7.04. The SMILES string of the molecule is Cc1nccn1-c1ncccc1NCC1CCCC1. The molecule has 0 bridgehead atoms. The minimum absolute atomic E-state index is 0.817. The lowest BCUT2D eigenvalue weighted by atomic mass is 10.1. The van der Waals surface area contributed by atoms with Crippen LogP contribution >= 0.6 is 0 Å². The van der Waals surface area contributed by atoms with Gasteiger partial charge in [0.15, 0.2) is 5.82 Å². The van der Waals surface area contributed by atoms with Crippen molar-refractivity contribution in [2.24, 2.45) is 5.92 Å². The Balaban J connectivity index is 1.79. The van der Waals surface area contributed by atoms with Gasteiger partial charge in [-0.2, -0.15) is 0 Å². The van der Waals surface area contributed by atoms with E-state index in [-0.39, 0.29) is 0 Å². The van der Waals surface area contributed by atoms with E-state index in [2.05, 4.69) is 21.4 Å². The molecule has 0 radical (unpaired) electrons. The van der Waals surface area contributed by atoms with Crippen molar-refractivity contribution < 1.29 is 0 Å². The Morgan fingerprint density at radius 1 is 1.26 bits per heavy atom. The summed E-state index contributed by atoms with van der Waals surface area (Å²) >= 11 is 0. The van der Waals surface area contributed by atoms with Crippen molar-refractivity contribution in [3.63, 3.8) is 0 Å². The van der Waals surface area contributed by atoms with Gasteiger partial charge in [-0.05, 0) is 37.8 Å². The van der Waals surface area contributed by atoms with Gasteiger partial charge in [0.2, 0.25) is 0 Å². The highest BCUT2D eigenvalue weighted by molar-refractivity contribution is 5.57. The average Bonchev–Trinajstić information content (AvgIpc) is 3.08. The molecule has 2 aromatic heterocycles. The molecule has 2 heterocycles. The fourth-order valence-corrected chi connectivity index (χ4v) is 2.80. The highest BCUT2D eigenvalue weighted by Gasteiger charge is 2.15. The molecule has 0 aliphatic heterocycles. The van der Waals surface area contributed by atoms with E-state index in [0.29, 0.717) is 0 Å². The van der Waals surface area contributed by atoms with Crippen LogP contribution < -0.4 is 5.32 Å². The molecule has 0 atom stereocenters. The third-order valence-electron chi connectivity index (χ3n) is 3.90. The van der Waals surface area contributed by atoms with Crippen LogP contribution in [0, 0.1) is 12.8 Å². The van der Waals surface area contributed by atoms with Crippen LogP contribution in [-0.4, -0.2) is 21.1 Å². The summed E-state index contributed by atoms with van der Waals surface area (Å²) in [5.41, 5.74) is 1.09. The third kappa shape index (κ3) is 2.62. The monoisotopic (exact) mass is 256 g/mol. The second kappa shape index (κ2) is 5.43. The topological polar surface area (TPSA) is 42.7 Å². The summed E-state index contributed by atoms with van der Waals surface area (Å²) in [6, 6.07) is 4.07. The van der Waals surface area contributed by atoms with Crippen molar-refractivity contribution in [2.45, 2.75) is 32.6 Å². The highest BCUT2D eigenvalue weighted by Crippen LogP contribution is 2.26. The standard InChI is InChI=1S/C15H20N4/c1-12-16-9-10-19(12)15-14(7-4-8-17-15)18-11-13-5-2-3-6-13/h4,7-10,13,18H,2-3,5-6,11H2,1H3. The van der Waals surface area contributed by atoms with Crippen LogP contribution in [0.25, 0.3) is 5.82 Å². The second-order valence-electron chi connectivity index (χ2n) is 5.25. The molecule has 1 saturated carbocycles. The number of imidazole rings is 1. The van der Waals surface area contributed by atoms with Gasteiger partial charge in [0.25, 0.3) is 0 Å². The number of nitrogens with zero attached hydrogens (tertiary/aromatic N) is 3. The molecule has 0 aromatic carbocycles. The normalized spacial score (nSPS) is 15.8. The fraction of sp³-hybridized carbons (Fsp3) is 0.467. The first-order chi connectivity index (χ1) is 9.34. The third-order valence-corrected chi connectivity index (χ3v) is 3.90. The lowest BCUT2D eigenvalue weighted by Gasteiger charge is -2.15. The van der Waals surface area contributed by atoms with Gasteiger partial charge >= 0.3 is 0 Å². The maximum atomic E-state index is 4.49. The maximum absolute atomic E-state index is 4.49. The first-order valence-corrected chi connectivity index (χ1v) is 7.04. The molecule has 4 nitrogen and oxygen atoms in total. The van der Waals surface area contributed by atoms with E-state index in [9.17, 15) is 0 Å². The van der Waals surface area contributed by atoms with Crippen LogP contribution in [0.15, 0.2) is 30.7 Å². The molecule has 4 heteroatoms. The molecule has 1 aliphatic rings. The van der Waals surface area contributed by atoms with Crippen LogP contribution in [0.5, 0.6) is 0 Å². The number of aromatic nitrogens is 3. The van der Waals surface area contributed by atoms with E-state index < -0.39 is 0 Å². The average molecular weight is 256 g/mol. The van der Waals surface area contributed by atoms with E-state index in [4.69, 9.17) is 0 Å². The Bertz CT molecular complexity index is 541. The summed E-state index contributed by atoms with van der Waals surface area (Å²) in [4.78, 5) is 8.75. The van der Waals surface area contributed by atoms with Gasteiger partial charge in [-0.15, -0.1) is 0 Å². The number of nitrogens with one attached hydrogen (secondary N) is 1. The molecular weight excluding hydrogens is 236 g/mol. The maximum Gasteiger partial charge on any atom is 0.161 e. The van der Waals surface area contributed by atoms with Gasteiger partial charge in [0.1, 0.15) is 5.82 Å². The minimum Gasteiger partial charge on any atom is -0.382 e. The summed E-state index contributed by atoms with van der Waals surface area (Å²) in [6.45, 7) is 3.04. The predicted molar refractivity (Wildman–Crippen MR) is 76.5 cm³/mol. The number of hydrogen-bond donors (Lipinski definition) is 1. The zero-order valence-corrected chi connectivity index (χ0v) is 11.3. The zero-order chi connectivity index (χ0) is 13.1. The predicted octanol–water partition coefficient (Wildman–Crippen LogP) is 3.18. The fourth-order valence-electron chi connectivity index (χ4n) is 2.80. The summed E-state index contributed by atoms with van der Waals surface area (Å²) in [5.74, 6) is 2.72. The van der Waals surface area contributed by atoms with Crippen molar-refractivity contribution in [1.29, 1.82) is 0 Å². The van der Waals surface area contributed by atoms with Crippen molar-refractivity contribution in [3.8, 4) is 5.82 Å². The summed E-state index contributed by atoms with van der Waals surface area (Å²) in [6.07, 6.45) is 11.1. The Labute approximate surface area is 113 Å². The molecule has 1 fully saturated rings. The van der Waals surface area contributed by atoms with Gasteiger partial charge < -0.3 is 5.32 Å². The van der Waals surface area contributed by atoms with Crippen molar-refractivity contribution in [3.05, 3.63) is 36.5 Å². The first kappa shape index (κ1) is 12.2. The molecule has 2 aromatic rings. The van der Waals surface area contributed by atoms with Gasteiger partial charge in [0, 0.05) is 25.1 Å². The molecule has 3 rings (SSSR count). The molecule has 0 saturated heterocycles. The van der Waals surface area contributed by atoms with E-state index in [1.54, 1.807) is 0 Å². The summed E-state index contributed by atoms with van der Waals surface area (Å²) in [7, 11) is 0. The second-order valence-corrected chi connectivity index (χ2v) is 5.25. The Morgan fingerprint density at radius 2 is 2.11 bits per heavy atom. The largest absolute Gasteiger partial charge is 0.382 e. The molecule has 1 N–H and O–H groups in total. The van der Waals surface area contributed by atoms with Gasteiger partial charge in [0.05, 0.1) is 5.69 Å². The molecule has 1 aliphatic carbocycles. The van der Waals surface area contributed by atoms with Crippen LogP contribution in [-0.2, 0) is 0 Å². The Morgan fingerprint density at radius 3 is 2.84 bits per heavy atom. The van der Waals surface area contributed by atoms with E-state index in [1.165, 1.54) is 25.7 Å². The molecule has 0 amide bonds. The van der Waals surface area contributed by atoms with Crippen LogP contribution in [0.4, 0.5) is 5.69 Å². The Kier molecular flexibility index (Phi) is 3.49. The van der Waals surface area contributed by atoms with E-state index in [0.717, 1.165) is 29.8 Å². The van der Waals surface area contributed by atoms with Crippen LogP contribution in [0.2, 0.25) is 0 Å². The Hall–Kier alpha value is -1.84. The van der Waals surface area contributed by atoms with Crippen molar-refractivity contribution in [1.82, 2.24) is 14.5 Å². The number of hydrogen-bond acceptors (Lipinski definition) is 3. The molecule has 0 spiro atoms. The quantitative estimate of drug-likeness (QED) is 0.913. The molecular formula is C15H20N4. The number of pyridine rings is 1.